The van der Waals surface area contributed by atoms with Gasteiger partial charge in [0.25, 0.3) is 0 Å². The molecular weight excluding hydrogens is 446 g/mol. The third-order valence-corrected chi connectivity index (χ3v) is 6.70. The molecule has 5 rings (SSSR count). The predicted octanol–water partition coefficient (Wildman–Crippen LogP) is 5.01. The second kappa shape index (κ2) is 10.1. The lowest BCUT2D eigenvalue weighted by molar-refractivity contribution is 0.111. The van der Waals surface area contributed by atoms with Crippen molar-refractivity contribution in [3.8, 4) is 22.5 Å². The average Bonchev–Trinajstić information content (AvgIpc) is 3.36. The number of anilines is 1. The van der Waals surface area contributed by atoms with E-state index in [1.807, 2.05) is 24.4 Å². The van der Waals surface area contributed by atoms with E-state index < -0.39 is 11.6 Å². The Morgan fingerprint density at radius 3 is 2.51 bits per heavy atom. The van der Waals surface area contributed by atoms with E-state index in [0.29, 0.717) is 17.3 Å². The van der Waals surface area contributed by atoms with Gasteiger partial charge >= 0.3 is 0 Å². The standard InChI is InChI=1S/C27H30F2N6/c1-18(2)35-11-9-34(10-12-35)8-7-30-22-14-21-13-19(4-6-25(21)31-16-22)26-27(33-17-32-26)20-3-5-23(28)24(29)15-20/h3-6,13-18,30H,7-12H2,1-2H3,(H,32,33). The molecule has 0 saturated carbocycles. The third kappa shape index (κ3) is 5.18. The van der Waals surface area contributed by atoms with Crippen LogP contribution < -0.4 is 5.32 Å². The Kier molecular flexibility index (Phi) is 6.74. The van der Waals surface area contributed by atoms with Crippen molar-refractivity contribution < 1.29 is 8.78 Å². The monoisotopic (exact) mass is 476 g/mol. The van der Waals surface area contributed by atoms with Gasteiger partial charge in [-0.2, -0.15) is 0 Å². The van der Waals surface area contributed by atoms with Crippen LogP contribution in [0.15, 0.2) is 55.0 Å². The van der Waals surface area contributed by atoms with Crippen LogP contribution in [0.25, 0.3) is 33.4 Å². The average molecular weight is 477 g/mol. The van der Waals surface area contributed by atoms with Gasteiger partial charge in [-0.05, 0) is 50.2 Å². The molecule has 35 heavy (non-hydrogen) atoms. The minimum Gasteiger partial charge on any atom is -0.382 e. The second-order valence-electron chi connectivity index (χ2n) is 9.28. The smallest absolute Gasteiger partial charge is 0.159 e. The van der Waals surface area contributed by atoms with E-state index in [1.54, 1.807) is 6.33 Å². The number of benzene rings is 2. The first-order valence-electron chi connectivity index (χ1n) is 12.1. The molecule has 182 valence electrons. The fraction of sp³-hybridized carbons (Fsp3) is 0.333. The Morgan fingerprint density at radius 1 is 0.943 bits per heavy atom. The summed E-state index contributed by atoms with van der Waals surface area (Å²) in [5.41, 5.74) is 4.60. The summed E-state index contributed by atoms with van der Waals surface area (Å²) < 4.78 is 27.2. The van der Waals surface area contributed by atoms with Gasteiger partial charge in [0, 0.05) is 61.8 Å². The van der Waals surface area contributed by atoms with Gasteiger partial charge in [0.2, 0.25) is 0 Å². The van der Waals surface area contributed by atoms with E-state index in [-0.39, 0.29) is 0 Å². The minimum atomic E-state index is -0.892. The summed E-state index contributed by atoms with van der Waals surface area (Å²) in [6.07, 6.45) is 3.43. The number of pyridine rings is 1. The maximum absolute atomic E-state index is 13.8. The Labute approximate surface area is 204 Å². The molecule has 0 aliphatic carbocycles. The lowest BCUT2D eigenvalue weighted by Gasteiger charge is -2.36. The molecule has 0 radical (unpaired) electrons. The van der Waals surface area contributed by atoms with Crippen LogP contribution >= 0.6 is 0 Å². The lowest BCUT2D eigenvalue weighted by atomic mass is 10.0. The van der Waals surface area contributed by atoms with Gasteiger partial charge in [-0.15, -0.1) is 0 Å². The van der Waals surface area contributed by atoms with Gasteiger partial charge in [0.15, 0.2) is 11.6 Å². The molecule has 2 aromatic carbocycles. The number of rotatable bonds is 7. The topological polar surface area (TPSA) is 60.1 Å². The van der Waals surface area contributed by atoms with Crippen LogP contribution in [0.1, 0.15) is 13.8 Å². The normalized spacial score (nSPS) is 15.2. The minimum absolute atomic E-state index is 0.517. The molecule has 1 aliphatic heterocycles. The molecule has 1 aliphatic rings. The molecule has 2 N–H and O–H groups in total. The van der Waals surface area contributed by atoms with Crippen LogP contribution in [0.2, 0.25) is 0 Å². The first-order chi connectivity index (χ1) is 17.0. The number of hydrogen-bond acceptors (Lipinski definition) is 5. The van der Waals surface area contributed by atoms with E-state index in [1.165, 1.54) is 12.1 Å². The Bertz CT molecular complexity index is 1310. The number of fused-ring (bicyclic) bond motifs is 1. The maximum Gasteiger partial charge on any atom is 0.159 e. The highest BCUT2D eigenvalue weighted by Crippen LogP contribution is 2.31. The highest BCUT2D eigenvalue weighted by atomic mass is 19.2. The third-order valence-electron chi connectivity index (χ3n) is 6.70. The van der Waals surface area contributed by atoms with Crippen LogP contribution in [0, 0.1) is 11.6 Å². The van der Waals surface area contributed by atoms with Crippen molar-refractivity contribution in [1.29, 1.82) is 0 Å². The van der Waals surface area contributed by atoms with Crippen molar-refractivity contribution in [1.82, 2.24) is 24.8 Å². The highest BCUT2D eigenvalue weighted by molar-refractivity contribution is 5.88. The van der Waals surface area contributed by atoms with Crippen LogP contribution in [0.5, 0.6) is 0 Å². The van der Waals surface area contributed by atoms with E-state index in [2.05, 4.69) is 50.0 Å². The van der Waals surface area contributed by atoms with Crippen LogP contribution in [-0.2, 0) is 0 Å². The Balaban J connectivity index is 1.29. The zero-order valence-corrected chi connectivity index (χ0v) is 20.1. The lowest BCUT2D eigenvalue weighted by Crippen LogP contribution is -2.49. The summed E-state index contributed by atoms with van der Waals surface area (Å²) in [6, 6.07) is 12.5. The molecule has 1 saturated heterocycles. The summed E-state index contributed by atoms with van der Waals surface area (Å²) in [4.78, 5) is 17.1. The molecule has 3 heterocycles. The van der Waals surface area contributed by atoms with Gasteiger partial charge < -0.3 is 10.3 Å². The first-order valence-corrected chi connectivity index (χ1v) is 12.1. The summed E-state index contributed by atoms with van der Waals surface area (Å²) >= 11 is 0. The molecule has 0 atom stereocenters. The number of nitrogens with zero attached hydrogens (tertiary/aromatic N) is 4. The number of imidazole rings is 1. The van der Waals surface area contributed by atoms with Gasteiger partial charge in [-0.25, -0.2) is 13.8 Å². The van der Waals surface area contributed by atoms with Gasteiger partial charge in [0.05, 0.1) is 35.1 Å². The number of aromatic nitrogens is 3. The zero-order valence-electron chi connectivity index (χ0n) is 20.1. The van der Waals surface area contributed by atoms with E-state index in [0.717, 1.165) is 73.2 Å². The molecule has 0 amide bonds. The van der Waals surface area contributed by atoms with Crippen molar-refractivity contribution in [2.75, 3.05) is 44.6 Å². The van der Waals surface area contributed by atoms with Crippen molar-refractivity contribution in [2.24, 2.45) is 0 Å². The van der Waals surface area contributed by atoms with Gasteiger partial charge in [-0.1, -0.05) is 6.07 Å². The fourth-order valence-electron chi connectivity index (χ4n) is 4.62. The molecule has 8 heteroatoms. The van der Waals surface area contributed by atoms with Crippen molar-refractivity contribution in [3.63, 3.8) is 0 Å². The van der Waals surface area contributed by atoms with Gasteiger partial charge in [-0.3, -0.25) is 14.8 Å². The van der Waals surface area contributed by atoms with E-state index in [4.69, 9.17) is 0 Å². The van der Waals surface area contributed by atoms with E-state index in [9.17, 15) is 8.78 Å². The molecule has 1 fully saturated rings. The van der Waals surface area contributed by atoms with Crippen LogP contribution in [0.4, 0.5) is 14.5 Å². The number of hydrogen-bond donors (Lipinski definition) is 2. The number of aromatic amines is 1. The summed E-state index contributed by atoms with van der Waals surface area (Å²) in [5, 5.41) is 4.50. The predicted molar refractivity (Wildman–Crippen MR) is 136 cm³/mol. The SMILES string of the molecule is CC(C)N1CCN(CCNc2cnc3ccc(-c4[nH]cnc4-c4ccc(F)c(F)c4)cc3c2)CC1. The first kappa shape index (κ1) is 23.4. The fourth-order valence-corrected chi connectivity index (χ4v) is 4.62. The molecular formula is C27H30F2N6. The molecule has 0 bridgehead atoms. The maximum atomic E-state index is 13.8. The largest absolute Gasteiger partial charge is 0.382 e. The number of H-pyrrole nitrogens is 1. The van der Waals surface area contributed by atoms with E-state index >= 15 is 0 Å². The summed E-state index contributed by atoms with van der Waals surface area (Å²) in [5.74, 6) is -1.77. The molecule has 2 aromatic heterocycles. The zero-order chi connectivity index (χ0) is 24.4. The number of piperazine rings is 1. The van der Waals surface area contributed by atoms with Gasteiger partial charge in [0.1, 0.15) is 0 Å². The van der Waals surface area contributed by atoms with Crippen molar-refractivity contribution in [2.45, 2.75) is 19.9 Å². The Hall–Kier alpha value is -3.36. The summed E-state index contributed by atoms with van der Waals surface area (Å²) in [6.45, 7) is 10.8. The molecule has 6 nitrogen and oxygen atoms in total. The molecule has 0 unspecified atom stereocenters. The highest BCUT2D eigenvalue weighted by Gasteiger charge is 2.18. The van der Waals surface area contributed by atoms with Crippen molar-refractivity contribution in [3.05, 3.63) is 66.6 Å². The van der Waals surface area contributed by atoms with Crippen LogP contribution in [0.3, 0.4) is 0 Å². The second-order valence-corrected chi connectivity index (χ2v) is 9.28. The quantitative estimate of drug-likeness (QED) is 0.393. The molecule has 0 spiro atoms. The van der Waals surface area contributed by atoms with Crippen molar-refractivity contribution >= 4 is 16.6 Å². The summed E-state index contributed by atoms with van der Waals surface area (Å²) in [7, 11) is 0. The Morgan fingerprint density at radius 2 is 1.74 bits per heavy atom. The molecule has 4 aromatic rings. The number of nitrogens with one attached hydrogen (secondary N) is 2. The number of halogens is 2. The van der Waals surface area contributed by atoms with Crippen LogP contribution in [-0.4, -0.2) is 70.1 Å².